The van der Waals surface area contributed by atoms with Gasteiger partial charge in [-0.15, -0.1) is 11.3 Å². The number of hydrogen-bond acceptors (Lipinski definition) is 4. The second-order valence-corrected chi connectivity index (χ2v) is 7.92. The second-order valence-electron chi connectivity index (χ2n) is 6.83. The predicted molar refractivity (Wildman–Crippen MR) is 101 cm³/mol. The summed E-state index contributed by atoms with van der Waals surface area (Å²) in [6, 6.07) is 9.74. The minimum absolute atomic E-state index is 0.186. The summed E-state index contributed by atoms with van der Waals surface area (Å²) in [6.07, 6.45) is 0.619. The first-order valence-electron chi connectivity index (χ1n) is 8.71. The molecular weight excluding hydrogens is 350 g/mol. The maximum absolute atomic E-state index is 12.5. The van der Waals surface area contributed by atoms with Gasteiger partial charge in [-0.2, -0.15) is 0 Å². The Morgan fingerprint density at radius 2 is 2.04 bits per heavy atom. The maximum Gasteiger partial charge on any atom is 0.317 e. The van der Waals surface area contributed by atoms with Gasteiger partial charge >= 0.3 is 12.0 Å². The number of carbonyl (C=O) groups excluding carboxylic acids is 1. The Bertz CT molecular complexity index is 791. The monoisotopic (exact) mass is 373 g/mol. The number of piperidine rings is 1. The highest BCUT2D eigenvalue weighted by molar-refractivity contribution is 7.15. The van der Waals surface area contributed by atoms with Crippen molar-refractivity contribution < 1.29 is 14.7 Å². The van der Waals surface area contributed by atoms with Crippen LogP contribution in [0.25, 0.3) is 10.6 Å². The minimum atomic E-state index is -0.833. The zero-order valence-electron chi connectivity index (χ0n) is 14.9. The first-order valence-corrected chi connectivity index (χ1v) is 9.53. The van der Waals surface area contributed by atoms with E-state index in [1.807, 2.05) is 44.2 Å². The van der Waals surface area contributed by atoms with Gasteiger partial charge in [-0.25, -0.2) is 9.78 Å². The van der Waals surface area contributed by atoms with Gasteiger partial charge in [0.25, 0.3) is 0 Å². The lowest BCUT2D eigenvalue weighted by Gasteiger charge is -2.34. The lowest BCUT2D eigenvalue weighted by molar-refractivity contribution is -0.143. The van der Waals surface area contributed by atoms with Gasteiger partial charge in [0, 0.05) is 23.5 Å². The number of aliphatic carboxylic acids is 1. The summed E-state index contributed by atoms with van der Waals surface area (Å²) in [4.78, 5) is 31.0. The van der Waals surface area contributed by atoms with Crippen LogP contribution in [0.4, 0.5) is 4.79 Å². The van der Waals surface area contributed by atoms with Crippen molar-refractivity contribution in [2.75, 3.05) is 13.1 Å². The fourth-order valence-corrected chi connectivity index (χ4v) is 4.27. The third kappa shape index (κ3) is 4.22. The highest BCUT2D eigenvalue weighted by Gasteiger charge is 2.31. The number of carboxylic acids is 1. The van der Waals surface area contributed by atoms with Crippen LogP contribution >= 0.6 is 11.3 Å². The number of amides is 2. The molecule has 26 heavy (non-hydrogen) atoms. The van der Waals surface area contributed by atoms with Crippen LogP contribution in [0.5, 0.6) is 0 Å². The fourth-order valence-electron chi connectivity index (χ4n) is 3.26. The summed E-state index contributed by atoms with van der Waals surface area (Å²) < 4.78 is 0. The van der Waals surface area contributed by atoms with Crippen LogP contribution in [0.2, 0.25) is 0 Å². The molecule has 0 aliphatic carbocycles. The van der Waals surface area contributed by atoms with Crippen LogP contribution in [0.15, 0.2) is 30.3 Å². The van der Waals surface area contributed by atoms with Crippen molar-refractivity contribution in [2.24, 2.45) is 11.8 Å². The lowest BCUT2D eigenvalue weighted by Crippen LogP contribution is -2.49. The molecule has 1 aliphatic rings. The molecule has 1 aromatic heterocycles. The lowest BCUT2D eigenvalue weighted by atomic mass is 9.91. The van der Waals surface area contributed by atoms with Crippen LogP contribution < -0.4 is 5.32 Å². The van der Waals surface area contributed by atoms with Crippen molar-refractivity contribution in [2.45, 2.75) is 26.8 Å². The smallest absolute Gasteiger partial charge is 0.317 e. The molecule has 0 radical (unpaired) electrons. The summed E-state index contributed by atoms with van der Waals surface area (Å²) in [7, 11) is 0. The third-order valence-electron chi connectivity index (χ3n) is 4.61. The Balaban J connectivity index is 1.63. The fraction of sp³-hybridized carbons (Fsp3) is 0.421. The zero-order chi connectivity index (χ0) is 18.7. The maximum atomic E-state index is 12.5. The van der Waals surface area contributed by atoms with E-state index in [9.17, 15) is 14.7 Å². The largest absolute Gasteiger partial charge is 0.481 e. The Labute approximate surface area is 156 Å². The van der Waals surface area contributed by atoms with Gasteiger partial charge in [-0.1, -0.05) is 37.3 Å². The van der Waals surface area contributed by atoms with E-state index in [1.54, 1.807) is 16.2 Å². The quantitative estimate of drug-likeness (QED) is 0.861. The molecule has 1 fully saturated rings. The summed E-state index contributed by atoms with van der Waals surface area (Å²) in [5.74, 6) is -1.13. The van der Waals surface area contributed by atoms with Crippen molar-refractivity contribution in [3.05, 3.63) is 40.9 Å². The molecule has 2 heterocycles. The molecule has 1 saturated heterocycles. The highest BCUT2D eigenvalue weighted by atomic mass is 32.1. The van der Waals surface area contributed by atoms with Crippen LogP contribution in [-0.4, -0.2) is 40.1 Å². The molecule has 1 aliphatic heterocycles. The number of carbonyl (C=O) groups is 2. The molecule has 0 bridgehead atoms. The molecule has 2 amide bonds. The highest BCUT2D eigenvalue weighted by Crippen LogP contribution is 2.28. The summed E-state index contributed by atoms with van der Waals surface area (Å²) in [5, 5.41) is 13.1. The summed E-state index contributed by atoms with van der Waals surface area (Å²) in [5.41, 5.74) is 1.97. The average molecular weight is 373 g/mol. The van der Waals surface area contributed by atoms with E-state index in [4.69, 9.17) is 0 Å². The van der Waals surface area contributed by atoms with E-state index in [0.29, 0.717) is 19.5 Å². The predicted octanol–water partition coefficient (Wildman–Crippen LogP) is 3.37. The van der Waals surface area contributed by atoms with Crippen LogP contribution in [-0.2, 0) is 11.3 Å². The Morgan fingerprint density at radius 3 is 2.73 bits per heavy atom. The van der Waals surface area contributed by atoms with Crippen LogP contribution in [0, 0.1) is 18.8 Å². The molecule has 2 N–H and O–H groups in total. The van der Waals surface area contributed by atoms with Crippen molar-refractivity contribution in [1.82, 2.24) is 15.2 Å². The first kappa shape index (κ1) is 18.4. The molecular formula is C19H23N3O3S. The molecule has 2 atom stereocenters. The normalized spacial score (nSPS) is 20.0. The van der Waals surface area contributed by atoms with Crippen molar-refractivity contribution in [3.8, 4) is 10.6 Å². The number of likely N-dealkylation sites (tertiary alicyclic amines) is 1. The number of urea groups is 1. The van der Waals surface area contributed by atoms with E-state index in [1.165, 1.54) is 0 Å². The van der Waals surface area contributed by atoms with Crippen LogP contribution in [0.3, 0.4) is 0 Å². The molecule has 2 aromatic rings. The molecule has 7 heteroatoms. The SMILES string of the molecule is Cc1nc(-c2ccccc2)sc1CNC(=O)N1CC(C)CC(C(=O)O)C1. The molecule has 1 aromatic carbocycles. The van der Waals surface area contributed by atoms with E-state index in [2.05, 4.69) is 10.3 Å². The van der Waals surface area contributed by atoms with E-state index < -0.39 is 11.9 Å². The van der Waals surface area contributed by atoms with E-state index in [-0.39, 0.29) is 18.5 Å². The zero-order valence-corrected chi connectivity index (χ0v) is 15.8. The van der Waals surface area contributed by atoms with Crippen molar-refractivity contribution in [1.29, 1.82) is 0 Å². The second kappa shape index (κ2) is 7.86. The number of aromatic nitrogens is 1. The van der Waals surface area contributed by atoms with Crippen LogP contribution in [0.1, 0.15) is 23.9 Å². The van der Waals surface area contributed by atoms with E-state index >= 15 is 0 Å². The standard InChI is InChI=1S/C19H23N3O3S/c1-12-8-15(18(23)24)11-22(10-12)19(25)20-9-16-13(2)21-17(26-16)14-6-4-3-5-7-14/h3-7,12,15H,8-11H2,1-2H3,(H,20,25)(H,23,24). The number of nitrogens with one attached hydrogen (secondary N) is 1. The molecule has 2 unspecified atom stereocenters. The topological polar surface area (TPSA) is 82.5 Å². The van der Waals surface area contributed by atoms with Gasteiger partial charge in [-0.05, 0) is 19.3 Å². The van der Waals surface area contributed by atoms with Gasteiger partial charge in [0.2, 0.25) is 0 Å². The number of hydrogen-bond donors (Lipinski definition) is 2. The first-order chi connectivity index (χ1) is 12.4. The Morgan fingerprint density at radius 1 is 1.31 bits per heavy atom. The van der Waals surface area contributed by atoms with Crippen molar-refractivity contribution in [3.63, 3.8) is 0 Å². The van der Waals surface area contributed by atoms with Gasteiger partial charge in [0.15, 0.2) is 0 Å². The number of thiazole rings is 1. The number of carboxylic acid groups (broad SMARTS) is 1. The number of benzene rings is 1. The molecule has 138 valence electrons. The number of rotatable bonds is 4. The summed E-state index contributed by atoms with van der Waals surface area (Å²) >= 11 is 1.57. The average Bonchev–Trinajstić information content (AvgIpc) is 3.00. The third-order valence-corrected chi connectivity index (χ3v) is 5.82. The minimum Gasteiger partial charge on any atom is -0.481 e. The molecule has 6 nitrogen and oxygen atoms in total. The van der Waals surface area contributed by atoms with Gasteiger partial charge in [0.05, 0.1) is 18.2 Å². The van der Waals surface area contributed by atoms with Gasteiger partial charge < -0.3 is 15.3 Å². The molecule has 0 saturated carbocycles. The number of aryl methyl sites for hydroxylation is 1. The molecule has 0 spiro atoms. The molecule has 3 rings (SSSR count). The summed E-state index contributed by atoms with van der Waals surface area (Å²) in [6.45, 7) is 5.18. The Kier molecular flexibility index (Phi) is 5.56. The van der Waals surface area contributed by atoms with Gasteiger partial charge in [-0.3, -0.25) is 4.79 Å². The van der Waals surface area contributed by atoms with Crippen molar-refractivity contribution >= 4 is 23.3 Å². The van der Waals surface area contributed by atoms with Gasteiger partial charge in [0.1, 0.15) is 5.01 Å². The number of nitrogens with zero attached hydrogens (tertiary/aromatic N) is 2. The van der Waals surface area contributed by atoms with E-state index in [0.717, 1.165) is 21.1 Å². The Hall–Kier alpha value is -2.41.